The Morgan fingerprint density at radius 2 is 2.46 bits per heavy atom. The van der Waals surface area contributed by atoms with Gasteiger partial charge in [0.2, 0.25) is 0 Å². The van der Waals surface area contributed by atoms with Gasteiger partial charge < -0.3 is 10.0 Å². The fraction of sp³-hybridized carbons (Fsp3) is 0.444. The molecule has 0 bridgehead atoms. The minimum Gasteiger partial charge on any atom is -0.395 e. The van der Waals surface area contributed by atoms with Crippen LogP contribution in [-0.4, -0.2) is 35.6 Å². The molecule has 4 heteroatoms. The number of carbonyl (C=O) groups is 1. The lowest BCUT2D eigenvalue weighted by Gasteiger charge is -2.25. The summed E-state index contributed by atoms with van der Waals surface area (Å²) in [6.07, 6.45) is 0.921. The van der Waals surface area contributed by atoms with Gasteiger partial charge in [-0.25, -0.2) is 0 Å². The van der Waals surface area contributed by atoms with E-state index >= 15 is 0 Å². The number of nitrogens with zero attached hydrogens (tertiary/aromatic N) is 1. The molecule has 1 aromatic heterocycles. The van der Waals surface area contributed by atoms with Crippen LogP contribution in [0.5, 0.6) is 0 Å². The highest BCUT2D eigenvalue weighted by Gasteiger charge is 2.24. The number of hydrogen-bond donors (Lipinski definition) is 1. The van der Waals surface area contributed by atoms with Gasteiger partial charge in [0, 0.05) is 13.1 Å². The Hall–Kier alpha value is -0.870. The van der Waals surface area contributed by atoms with E-state index in [-0.39, 0.29) is 12.5 Å². The van der Waals surface area contributed by atoms with Gasteiger partial charge in [-0.2, -0.15) is 0 Å². The van der Waals surface area contributed by atoms with Gasteiger partial charge in [-0.1, -0.05) is 0 Å². The number of aliphatic hydroxyl groups excluding tert-OH is 1. The van der Waals surface area contributed by atoms with Crippen molar-refractivity contribution in [1.82, 2.24) is 4.90 Å². The maximum absolute atomic E-state index is 11.7. The summed E-state index contributed by atoms with van der Waals surface area (Å²) in [4.78, 5) is 14.2. The van der Waals surface area contributed by atoms with Gasteiger partial charge in [0.15, 0.2) is 0 Å². The lowest BCUT2D eigenvalue weighted by atomic mass is 10.1. The lowest BCUT2D eigenvalue weighted by molar-refractivity contribution is 0.0711. The standard InChI is InChI=1S/C9H11NO2S/c11-5-4-10-3-1-7-2-6-13-8(7)9(10)12/h2,6,11H,1,3-5H2. The minimum atomic E-state index is 0.0481. The molecule has 2 heterocycles. The molecule has 1 aromatic rings. The minimum absolute atomic E-state index is 0.0481. The van der Waals surface area contributed by atoms with E-state index in [2.05, 4.69) is 0 Å². The molecule has 0 spiro atoms. The van der Waals surface area contributed by atoms with Crippen LogP contribution >= 0.6 is 11.3 Å². The summed E-state index contributed by atoms with van der Waals surface area (Å²) in [5.74, 6) is 0.0744. The fourth-order valence-corrected chi connectivity index (χ4v) is 2.47. The van der Waals surface area contributed by atoms with Gasteiger partial charge >= 0.3 is 0 Å². The Morgan fingerprint density at radius 1 is 1.62 bits per heavy atom. The number of amides is 1. The third kappa shape index (κ3) is 1.47. The largest absolute Gasteiger partial charge is 0.395 e. The summed E-state index contributed by atoms with van der Waals surface area (Å²) in [6, 6.07) is 2.01. The topological polar surface area (TPSA) is 40.5 Å². The predicted molar refractivity (Wildman–Crippen MR) is 51.0 cm³/mol. The molecule has 0 fully saturated rings. The molecule has 0 saturated heterocycles. The third-order valence-corrected chi connectivity index (χ3v) is 3.19. The molecule has 0 saturated carbocycles. The highest BCUT2D eigenvalue weighted by Crippen LogP contribution is 2.23. The second-order valence-electron chi connectivity index (χ2n) is 3.04. The Kier molecular flexibility index (Phi) is 2.33. The quantitative estimate of drug-likeness (QED) is 0.759. The van der Waals surface area contributed by atoms with Crippen LogP contribution < -0.4 is 0 Å². The van der Waals surface area contributed by atoms with Crippen molar-refractivity contribution in [3.8, 4) is 0 Å². The number of thiophene rings is 1. The smallest absolute Gasteiger partial charge is 0.264 e. The van der Waals surface area contributed by atoms with Gasteiger partial charge in [-0.15, -0.1) is 11.3 Å². The predicted octanol–water partition coefficient (Wildman–Crippen LogP) is 0.739. The van der Waals surface area contributed by atoms with Crippen LogP contribution in [0.25, 0.3) is 0 Å². The number of hydrogen-bond acceptors (Lipinski definition) is 3. The molecule has 1 N–H and O–H groups in total. The van der Waals surface area contributed by atoms with Crippen molar-refractivity contribution in [1.29, 1.82) is 0 Å². The van der Waals surface area contributed by atoms with E-state index in [1.807, 2.05) is 11.4 Å². The summed E-state index contributed by atoms with van der Waals surface area (Å²) in [5, 5.41) is 10.7. The summed E-state index contributed by atoms with van der Waals surface area (Å²) >= 11 is 1.49. The third-order valence-electron chi connectivity index (χ3n) is 2.25. The molecular weight excluding hydrogens is 186 g/mol. The molecule has 1 aliphatic rings. The van der Waals surface area contributed by atoms with Crippen molar-refractivity contribution >= 4 is 17.2 Å². The Labute approximate surface area is 80.6 Å². The van der Waals surface area contributed by atoms with Crippen molar-refractivity contribution in [2.75, 3.05) is 19.7 Å². The van der Waals surface area contributed by atoms with Crippen LogP contribution in [0.15, 0.2) is 11.4 Å². The number of β-amino-alcohol motifs (C(OH)–C–C–N with tert-alkyl or cyclic N) is 1. The monoisotopic (exact) mass is 197 g/mol. The van der Waals surface area contributed by atoms with E-state index in [0.717, 1.165) is 23.4 Å². The first-order valence-electron chi connectivity index (χ1n) is 4.29. The molecule has 3 nitrogen and oxygen atoms in total. The van der Waals surface area contributed by atoms with Crippen LogP contribution in [0.4, 0.5) is 0 Å². The first-order chi connectivity index (χ1) is 6.33. The second-order valence-corrected chi connectivity index (χ2v) is 3.96. The van der Waals surface area contributed by atoms with Crippen LogP contribution in [-0.2, 0) is 6.42 Å². The summed E-state index contributed by atoms with van der Waals surface area (Å²) in [7, 11) is 0. The SMILES string of the molecule is O=C1c2sccc2CCN1CCO. The highest BCUT2D eigenvalue weighted by molar-refractivity contribution is 7.12. The van der Waals surface area contributed by atoms with Crippen LogP contribution in [0.2, 0.25) is 0 Å². The summed E-state index contributed by atoms with van der Waals surface area (Å²) in [6.45, 7) is 1.24. The number of rotatable bonds is 2. The zero-order chi connectivity index (χ0) is 9.26. The van der Waals surface area contributed by atoms with Crippen molar-refractivity contribution in [2.45, 2.75) is 6.42 Å². The van der Waals surface area contributed by atoms with E-state index in [0.29, 0.717) is 6.54 Å². The molecule has 0 aromatic carbocycles. The van der Waals surface area contributed by atoms with Gasteiger partial charge in [0.05, 0.1) is 11.5 Å². The zero-order valence-electron chi connectivity index (χ0n) is 7.19. The van der Waals surface area contributed by atoms with Gasteiger partial charge in [0.1, 0.15) is 0 Å². The van der Waals surface area contributed by atoms with Crippen molar-refractivity contribution in [3.63, 3.8) is 0 Å². The molecular formula is C9H11NO2S. The molecule has 1 aliphatic heterocycles. The number of aliphatic hydroxyl groups is 1. The molecule has 70 valence electrons. The second kappa shape index (κ2) is 3.47. The Balaban J connectivity index is 2.22. The Morgan fingerprint density at radius 3 is 3.23 bits per heavy atom. The van der Waals surface area contributed by atoms with Gasteiger partial charge in [-0.3, -0.25) is 4.79 Å². The maximum atomic E-state index is 11.7. The number of fused-ring (bicyclic) bond motifs is 1. The van der Waals surface area contributed by atoms with E-state index in [1.54, 1.807) is 4.90 Å². The van der Waals surface area contributed by atoms with E-state index in [1.165, 1.54) is 11.3 Å². The van der Waals surface area contributed by atoms with E-state index in [9.17, 15) is 4.79 Å². The van der Waals surface area contributed by atoms with Crippen molar-refractivity contribution in [2.24, 2.45) is 0 Å². The average Bonchev–Trinajstić information content (AvgIpc) is 2.58. The lowest BCUT2D eigenvalue weighted by Crippen LogP contribution is -2.38. The molecule has 0 atom stereocenters. The highest BCUT2D eigenvalue weighted by atomic mass is 32.1. The average molecular weight is 197 g/mol. The maximum Gasteiger partial charge on any atom is 0.264 e. The van der Waals surface area contributed by atoms with Crippen LogP contribution in [0.1, 0.15) is 15.2 Å². The molecule has 1 amide bonds. The molecule has 0 unspecified atom stereocenters. The normalized spacial score (nSPS) is 16.1. The Bertz CT molecular complexity index is 321. The van der Waals surface area contributed by atoms with Gasteiger partial charge in [0.25, 0.3) is 5.91 Å². The van der Waals surface area contributed by atoms with E-state index < -0.39 is 0 Å². The first-order valence-corrected chi connectivity index (χ1v) is 5.17. The molecule has 0 radical (unpaired) electrons. The molecule has 0 aliphatic carbocycles. The number of carbonyl (C=O) groups excluding carboxylic acids is 1. The zero-order valence-corrected chi connectivity index (χ0v) is 8.01. The molecule has 13 heavy (non-hydrogen) atoms. The summed E-state index contributed by atoms with van der Waals surface area (Å²) < 4.78 is 0. The first kappa shape index (κ1) is 8.72. The fourth-order valence-electron chi connectivity index (χ4n) is 1.55. The van der Waals surface area contributed by atoms with E-state index in [4.69, 9.17) is 5.11 Å². The van der Waals surface area contributed by atoms with Crippen molar-refractivity contribution in [3.05, 3.63) is 21.9 Å². The van der Waals surface area contributed by atoms with Gasteiger partial charge in [-0.05, 0) is 23.4 Å². The van der Waals surface area contributed by atoms with Crippen molar-refractivity contribution < 1.29 is 9.90 Å². The molecule has 2 rings (SSSR count). The summed E-state index contributed by atoms with van der Waals surface area (Å²) in [5.41, 5.74) is 1.16. The van der Waals surface area contributed by atoms with Crippen LogP contribution in [0, 0.1) is 0 Å². The van der Waals surface area contributed by atoms with Crippen LogP contribution in [0.3, 0.4) is 0 Å².